The highest BCUT2D eigenvalue weighted by atomic mass is 32.2. The number of aromatic nitrogens is 1. The fourth-order valence-corrected chi connectivity index (χ4v) is 3.79. The summed E-state index contributed by atoms with van der Waals surface area (Å²) in [7, 11) is 1.97. The van der Waals surface area contributed by atoms with E-state index in [1.807, 2.05) is 60.3 Å². The summed E-state index contributed by atoms with van der Waals surface area (Å²) in [5.41, 5.74) is 2.58. The number of amides is 2. The second-order valence-corrected chi connectivity index (χ2v) is 7.32. The molecule has 7 heteroatoms. The third-order valence-electron chi connectivity index (χ3n) is 4.43. The third kappa shape index (κ3) is 3.64. The molecule has 0 bridgehead atoms. The van der Waals surface area contributed by atoms with Gasteiger partial charge in [0.2, 0.25) is 5.91 Å². The summed E-state index contributed by atoms with van der Waals surface area (Å²) in [4.78, 5) is 32.8. The van der Waals surface area contributed by atoms with E-state index in [9.17, 15) is 9.59 Å². The van der Waals surface area contributed by atoms with Gasteiger partial charge < -0.3 is 9.88 Å². The summed E-state index contributed by atoms with van der Waals surface area (Å²) in [6.07, 6.45) is 9.28. The van der Waals surface area contributed by atoms with Gasteiger partial charge in [0, 0.05) is 24.1 Å². The Bertz CT molecular complexity index is 1050. The standard InChI is InChI=1S/C20H18N4O2S/c1-24-10-9-13-15(7-4-8-17(13)24)22-19(25)12-27-11-18-21-16-6-3-2-5-14(16)20(26)23-18/h2-10,14H,11-12H2,1H3,(H,22,25). The van der Waals surface area contributed by atoms with Crippen LogP contribution >= 0.6 is 11.8 Å². The lowest BCUT2D eigenvalue weighted by Gasteiger charge is -2.17. The Morgan fingerprint density at radius 3 is 3.04 bits per heavy atom. The van der Waals surface area contributed by atoms with Crippen LogP contribution in [0.1, 0.15) is 0 Å². The van der Waals surface area contributed by atoms with E-state index >= 15 is 0 Å². The van der Waals surface area contributed by atoms with Crippen LogP contribution in [0, 0.1) is 5.92 Å². The van der Waals surface area contributed by atoms with Gasteiger partial charge in [-0.05, 0) is 24.3 Å². The van der Waals surface area contributed by atoms with Crippen LogP contribution in [0.15, 0.2) is 64.8 Å². The molecule has 1 aliphatic heterocycles. The molecule has 1 N–H and O–H groups in total. The van der Waals surface area contributed by atoms with Crippen molar-refractivity contribution in [2.24, 2.45) is 23.0 Å². The van der Waals surface area contributed by atoms with Crippen molar-refractivity contribution >= 4 is 51.7 Å². The van der Waals surface area contributed by atoms with Crippen LogP contribution in [0.3, 0.4) is 0 Å². The van der Waals surface area contributed by atoms with Gasteiger partial charge in [0.15, 0.2) is 0 Å². The first kappa shape index (κ1) is 17.5. The van der Waals surface area contributed by atoms with Gasteiger partial charge >= 0.3 is 0 Å². The number of hydrogen-bond acceptors (Lipinski definition) is 4. The lowest BCUT2D eigenvalue weighted by molar-refractivity contribution is -0.118. The number of allylic oxidation sites excluding steroid dienone is 3. The highest BCUT2D eigenvalue weighted by molar-refractivity contribution is 8.00. The third-order valence-corrected chi connectivity index (χ3v) is 5.36. The Kier molecular flexibility index (Phi) is 4.77. The first-order chi connectivity index (χ1) is 13.1. The normalized spacial score (nSPS) is 18.3. The maximum Gasteiger partial charge on any atom is 0.260 e. The number of nitrogens with zero attached hydrogens (tertiary/aromatic N) is 3. The van der Waals surface area contributed by atoms with E-state index in [1.54, 1.807) is 6.08 Å². The molecule has 0 radical (unpaired) electrons. The predicted molar refractivity (Wildman–Crippen MR) is 111 cm³/mol. The molecule has 2 heterocycles. The minimum Gasteiger partial charge on any atom is -0.350 e. The summed E-state index contributed by atoms with van der Waals surface area (Å²) in [6, 6.07) is 7.81. The Hall–Kier alpha value is -2.93. The van der Waals surface area contributed by atoms with Crippen LogP contribution in [0.2, 0.25) is 0 Å². The van der Waals surface area contributed by atoms with Crippen LogP contribution in [-0.2, 0) is 16.6 Å². The summed E-state index contributed by atoms with van der Waals surface area (Å²) in [5.74, 6) is 0.497. The summed E-state index contributed by atoms with van der Waals surface area (Å²) in [6.45, 7) is 0. The van der Waals surface area contributed by atoms with E-state index in [0.717, 1.165) is 16.6 Å². The maximum absolute atomic E-state index is 12.3. The first-order valence-electron chi connectivity index (χ1n) is 8.58. The molecule has 2 aliphatic rings. The molecule has 2 amide bonds. The number of hydrogen-bond donors (Lipinski definition) is 1. The highest BCUT2D eigenvalue weighted by Gasteiger charge is 2.26. The number of fused-ring (bicyclic) bond motifs is 2. The summed E-state index contributed by atoms with van der Waals surface area (Å²) in [5, 5.41) is 3.96. The van der Waals surface area contributed by atoms with Crippen molar-refractivity contribution in [3.8, 4) is 0 Å². The zero-order valence-corrected chi connectivity index (χ0v) is 15.6. The largest absolute Gasteiger partial charge is 0.350 e. The van der Waals surface area contributed by atoms with Gasteiger partial charge in [0.1, 0.15) is 11.8 Å². The van der Waals surface area contributed by atoms with Crippen molar-refractivity contribution in [3.05, 3.63) is 54.8 Å². The van der Waals surface area contributed by atoms with E-state index in [0.29, 0.717) is 17.3 Å². The molecule has 1 aromatic carbocycles. The lowest BCUT2D eigenvalue weighted by atomic mass is 9.97. The number of carbonyl (C=O) groups excluding carboxylic acids is 2. The van der Waals surface area contributed by atoms with E-state index < -0.39 is 0 Å². The van der Waals surface area contributed by atoms with Gasteiger partial charge in [-0.3, -0.25) is 9.59 Å². The molecule has 4 rings (SSSR count). The van der Waals surface area contributed by atoms with Gasteiger partial charge in [-0.1, -0.05) is 24.3 Å². The van der Waals surface area contributed by atoms with Crippen LogP contribution in [-0.4, -0.2) is 39.4 Å². The first-order valence-corrected chi connectivity index (χ1v) is 9.74. The molecule has 1 unspecified atom stereocenters. The van der Waals surface area contributed by atoms with Gasteiger partial charge in [-0.2, -0.15) is 4.99 Å². The second-order valence-electron chi connectivity index (χ2n) is 6.33. The monoisotopic (exact) mass is 378 g/mol. The van der Waals surface area contributed by atoms with Gasteiger partial charge in [-0.25, -0.2) is 4.99 Å². The molecular formula is C20H18N4O2S. The molecule has 136 valence electrons. The summed E-state index contributed by atoms with van der Waals surface area (Å²) < 4.78 is 2.01. The topological polar surface area (TPSA) is 75.8 Å². The van der Waals surface area contributed by atoms with Gasteiger partial charge in [0.25, 0.3) is 5.91 Å². The molecule has 2 aromatic rings. The fraction of sp³-hybridized carbons (Fsp3) is 0.200. The van der Waals surface area contributed by atoms with Crippen molar-refractivity contribution in [1.82, 2.24) is 4.57 Å². The molecule has 0 saturated carbocycles. The van der Waals surface area contributed by atoms with Crippen LogP contribution in [0.5, 0.6) is 0 Å². The number of aliphatic imine (C=N–C) groups is 2. The molecule has 6 nitrogen and oxygen atoms in total. The molecule has 0 spiro atoms. The molecule has 1 aliphatic carbocycles. The second kappa shape index (κ2) is 7.36. The fourth-order valence-electron chi connectivity index (χ4n) is 3.12. The zero-order valence-electron chi connectivity index (χ0n) is 14.8. The van der Waals surface area contributed by atoms with Crippen molar-refractivity contribution in [1.29, 1.82) is 0 Å². The molecule has 1 atom stereocenters. The Morgan fingerprint density at radius 2 is 2.15 bits per heavy atom. The van der Waals surface area contributed by atoms with E-state index in [2.05, 4.69) is 15.3 Å². The number of anilines is 1. The molecule has 27 heavy (non-hydrogen) atoms. The number of amidine groups is 1. The molecule has 0 fully saturated rings. The molecular weight excluding hydrogens is 360 g/mol. The minimum absolute atomic E-state index is 0.0925. The Balaban J connectivity index is 1.35. The number of benzene rings is 1. The number of rotatable bonds is 5. The van der Waals surface area contributed by atoms with Crippen molar-refractivity contribution in [3.63, 3.8) is 0 Å². The average Bonchev–Trinajstić information content (AvgIpc) is 3.04. The smallest absolute Gasteiger partial charge is 0.260 e. The van der Waals surface area contributed by atoms with E-state index in [4.69, 9.17) is 0 Å². The summed E-state index contributed by atoms with van der Waals surface area (Å²) >= 11 is 1.39. The zero-order chi connectivity index (χ0) is 18.8. The van der Waals surface area contributed by atoms with E-state index in [1.165, 1.54) is 11.8 Å². The van der Waals surface area contributed by atoms with Crippen molar-refractivity contribution in [2.45, 2.75) is 0 Å². The number of nitrogens with one attached hydrogen (secondary N) is 1. The Morgan fingerprint density at radius 1 is 1.26 bits per heavy atom. The molecule has 1 aromatic heterocycles. The predicted octanol–water partition coefficient (Wildman–Crippen LogP) is 2.97. The highest BCUT2D eigenvalue weighted by Crippen LogP contribution is 2.24. The minimum atomic E-state index is -0.363. The molecule has 0 saturated heterocycles. The van der Waals surface area contributed by atoms with E-state index in [-0.39, 0.29) is 23.5 Å². The number of thioether (sulfide) groups is 1. The van der Waals surface area contributed by atoms with Crippen LogP contribution < -0.4 is 5.32 Å². The quantitative estimate of drug-likeness (QED) is 0.869. The van der Waals surface area contributed by atoms with Crippen molar-refractivity contribution < 1.29 is 9.59 Å². The SMILES string of the molecule is Cn1ccc2c(NC(=O)CSCC3=NC(=O)C4C=CC=CC4=N3)cccc21. The lowest BCUT2D eigenvalue weighted by Crippen LogP contribution is -2.27. The van der Waals surface area contributed by atoms with Crippen LogP contribution in [0.4, 0.5) is 5.69 Å². The van der Waals surface area contributed by atoms with Crippen molar-refractivity contribution in [2.75, 3.05) is 16.8 Å². The maximum atomic E-state index is 12.3. The number of aryl methyl sites for hydroxylation is 1. The van der Waals surface area contributed by atoms with Gasteiger partial charge in [-0.15, -0.1) is 11.8 Å². The van der Waals surface area contributed by atoms with Gasteiger partial charge in [0.05, 0.1) is 22.9 Å². The van der Waals surface area contributed by atoms with Crippen LogP contribution in [0.25, 0.3) is 10.9 Å². The Labute approximate surface area is 160 Å². The number of carbonyl (C=O) groups is 2. The average molecular weight is 378 g/mol.